The van der Waals surface area contributed by atoms with E-state index in [0.717, 1.165) is 38.1 Å². The summed E-state index contributed by atoms with van der Waals surface area (Å²) in [5.41, 5.74) is 7.31. The minimum atomic E-state index is -0.217. The molecule has 2 N–H and O–H groups in total. The number of nitrogens with zero attached hydrogens (tertiary/aromatic N) is 1. The highest BCUT2D eigenvalue weighted by Crippen LogP contribution is 2.23. The monoisotopic (exact) mass is 280 g/mol. The number of hydrogen-bond acceptors (Lipinski definition) is 3. The van der Waals surface area contributed by atoms with Crippen LogP contribution in [0.15, 0.2) is 24.3 Å². The summed E-state index contributed by atoms with van der Waals surface area (Å²) in [6, 6.07) is 6.68. The fourth-order valence-corrected chi connectivity index (χ4v) is 2.88. The number of halogens is 1. The number of benzene rings is 1. The summed E-state index contributed by atoms with van der Waals surface area (Å²) in [5.74, 6) is -0.217. The third kappa shape index (κ3) is 3.78. The second-order valence-electron chi connectivity index (χ2n) is 5.51. The third-order valence-electron chi connectivity index (χ3n) is 4.23. The Morgan fingerprint density at radius 2 is 1.90 bits per heavy atom. The van der Waals surface area contributed by atoms with Gasteiger partial charge in [-0.2, -0.15) is 0 Å². The van der Waals surface area contributed by atoms with Gasteiger partial charge in [0.05, 0.1) is 6.10 Å². The van der Waals surface area contributed by atoms with Crippen molar-refractivity contribution in [3.8, 4) is 0 Å². The molecule has 1 aliphatic heterocycles. The minimum absolute atomic E-state index is 0.0840. The van der Waals surface area contributed by atoms with Gasteiger partial charge >= 0.3 is 0 Å². The van der Waals surface area contributed by atoms with Gasteiger partial charge in [-0.1, -0.05) is 12.1 Å². The Hall–Kier alpha value is -0.970. The van der Waals surface area contributed by atoms with Gasteiger partial charge in [-0.15, -0.1) is 0 Å². The van der Waals surface area contributed by atoms with E-state index in [0.29, 0.717) is 6.10 Å². The number of likely N-dealkylation sites (tertiary alicyclic amines) is 1. The number of ether oxygens (including phenoxy) is 1. The topological polar surface area (TPSA) is 38.5 Å². The summed E-state index contributed by atoms with van der Waals surface area (Å²) in [6.07, 6.45) is 2.52. The molecular formula is C16H25FN2O. The average molecular weight is 280 g/mol. The molecule has 1 aromatic carbocycles. The van der Waals surface area contributed by atoms with Crippen LogP contribution in [0.25, 0.3) is 0 Å². The molecule has 112 valence electrons. The van der Waals surface area contributed by atoms with Gasteiger partial charge in [0.2, 0.25) is 0 Å². The van der Waals surface area contributed by atoms with E-state index in [4.69, 9.17) is 10.5 Å². The van der Waals surface area contributed by atoms with Crippen LogP contribution in [-0.4, -0.2) is 36.7 Å². The van der Waals surface area contributed by atoms with Crippen LogP contribution < -0.4 is 5.73 Å². The van der Waals surface area contributed by atoms with Crippen molar-refractivity contribution in [2.45, 2.75) is 44.9 Å². The van der Waals surface area contributed by atoms with Crippen LogP contribution in [0.3, 0.4) is 0 Å². The predicted octanol–water partition coefficient (Wildman–Crippen LogP) is 2.71. The molecule has 20 heavy (non-hydrogen) atoms. The predicted molar refractivity (Wildman–Crippen MR) is 79.0 cm³/mol. The van der Waals surface area contributed by atoms with Gasteiger partial charge in [-0.05, 0) is 44.4 Å². The molecule has 2 rings (SSSR count). The molecule has 0 aromatic heterocycles. The van der Waals surface area contributed by atoms with Crippen molar-refractivity contribution in [2.75, 3.05) is 19.7 Å². The van der Waals surface area contributed by atoms with E-state index in [1.165, 1.54) is 12.1 Å². The summed E-state index contributed by atoms with van der Waals surface area (Å²) in [6.45, 7) is 7.01. The van der Waals surface area contributed by atoms with Gasteiger partial charge < -0.3 is 10.5 Å². The molecule has 0 aliphatic carbocycles. The highest BCUT2D eigenvalue weighted by molar-refractivity contribution is 5.21. The Labute approximate surface area is 120 Å². The van der Waals surface area contributed by atoms with Crippen LogP contribution >= 0.6 is 0 Å². The van der Waals surface area contributed by atoms with Crippen LogP contribution in [-0.2, 0) is 4.74 Å². The van der Waals surface area contributed by atoms with Gasteiger partial charge in [0.15, 0.2) is 0 Å². The number of hydrogen-bond donors (Lipinski definition) is 1. The highest BCUT2D eigenvalue weighted by atomic mass is 19.1. The normalized spacial score (nSPS) is 20.8. The first-order valence-electron chi connectivity index (χ1n) is 7.48. The number of piperidine rings is 1. The van der Waals surface area contributed by atoms with Gasteiger partial charge in [0, 0.05) is 31.8 Å². The molecule has 1 aliphatic rings. The smallest absolute Gasteiger partial charge is 0.123 e. The van der Waals surface area contributed by atoms with Crippen molar-refractivity contribution >= 4 is 0 Å². The Kier molecular flexibility index (Phi) is 5.52. The largest absolute Gasteiger partial charge is 0.378 e. The Morgan fingerprint density at radius 3 is 2.45 bits per heavy atom. The van der Waals surface area contributed by atoms with Crippen LogP contribution in [0, 0.1) is 5.82 Å². The average Bonchev–Trinajstić information content (AvgIpc) is 2.48. The van der Waals surface area contributed by atoms with Crippen molar-refractivity contribution < 1.29 is 9.13 Å². The maximum Gasteiger partial charge on any atom is 0.123 e. The van der Waals surface area contributed by atoms with Gasteiger partial charge in [0.1, 0.15) is 5.82 Å². The minimum Gasteiger partial charge on any atom is -0.378 e. The first kappa shape index (κ1) is 15.4. The van der Waals surface area contributed by atoms with Crippen LogP contribution in [0.2, 0.25) is 0 Å². The molecule has 1 saturated heterocycles. The zero-order valence-electron chi connectivity index (χ0n) is 12.4. The van der Waals surface area contributed by atoms with Gasteiger partial charge in [-0.25, -0.2) is 4.39 Å². The van der Waals surface area contributed by atoms with Crippen molar-refractivity contribution in [2.24, 2.45) is 5.73 Å². The highest BCUT2D eigenvalue weighted by Gasteiger charge is 2.26. The summed E-state index contributed by atoms with van der Waals surface area (Å²) >= 11 is 0. The van der Waals surface area contributed by atoms with Crippen molar-refractivity contribution in [1.29, 1.82) is 0 Å². The molecule has 0 bridgehead atoms. The summed E-state index contributed by atoms with van der Waals surface area (Å²) in [7, 11) is 0. The van der Waals surface area contributed by atoms with E-state index in [1.54, 1.807) is 12.1 Å². The Balaban J connectivity index is 1.91. The molecule has 0 spiro atoms. The SMILES string of the molecule is CCOC1CCN(C(C)C(N)c2ccc(F)cc2)CC1. The Morgan fingerprint density at radius 1 is 1.30 bits per heavy atom. The molecule has 0 saturated carbocycles. The number of rotatable bonds is 5. The molecule has 0 radical (unpaired) electrons. The van der Waals surface area contributed by atoms with E-state index in [1.807, 2.05) is 6.92 Å². The second-order valence-corrected chi connectivity index (χ2v) is 5.51. The van der Waals surface area contributed by atoms with E-state index < -0.39 is 0 Å². The molecule has 1 fully saturated rings. The number of nitrogens with two attached hydrogens (primary N) is 1. The van der Waals surface area contributed by atoms with Crippen molar-refractivity contribution in [1.82, 2.24) is 4.90 Å². The lowest BCUT2D eigenvalue weighted by atomic mass is 9.97. The summed E-state index contributed by atoms with van der Waals surface area (Å²) in [5, 5.41) is 0. The third-order valence-corrected chi connectivity index (χ3v) is 4.23. The first-order chi connectivity index (χ1) is 9.61. The zero-order chi connectivity index (χ0) is 14.5. The van der Waals surface area contributed by atoms with Crippen molar-refractivity contribution in [3.63, 3.8) is 0 Å². The van der Waals surface area contributed by atoms with E-state index >= 15 is 0 Å². The fourth-order valence-electron chi connectivity index (χ4n) is 2.88. The van der Waals surface area contributed by atoms with E-state index in [9.17, 15) is 4.39 Å². The van der Waals surface area contributed by atoms with Crippen LogP contribution in [0.1, 0.15) is 38.3 Å². The fraction of sp³-hybridized carbons (Fsp3) is 0.625. The van der Waals surface area contributed by atoms with E-state index in [2.05, 4.69) is 11.8 Å². The molecule has 1 aromatic rings. The molecule has 0 amide bonds. The van der Waals surface area contributed by atoms with E-state index in [-0.39, 0.29) is 17.9 Å². The lowest BCUT2D eigenvalue weighted by molar-refractivity contribution is 0.00309. The lowest BCUT2D eigenvalue weighted by Gasteiger charge is -2.38. The molecule has 1 heterocycles. The quantitative estimate of drug-likeness (QED) is 0.901. The van der Waals surface area contributed by atoms with Crippen LogP contribution in [0.4, 0.5) is 4.39 Å². The summed E-state index contributed by atoms with van der Waals surface area (Å²) < 4.78 is 18.6. The second kappa shape index (κ2) is 7.16. The molecular weight excluding hydrogens is 255 g/mol. The zero-order valence-corrected chi connectivity index (χ0v) is 12.4. The molecule has 2 atom stereocenters. The lowest BCUT2D eigenvalue weighted by Crippen LogP contribution is -2.46. The molecule has 4 heteroatoms. The van der Waals surface area contributed by atoms with Gasteiger partial charge in [-0.3, -0.25) is 4.90 Å². The van der Waals surface area contributed by atoms with Crippen LogP contribution in [0.5, 0.6) is 0 Å². The van der Waals surface area contributed by atoms with Gasteiger partial charge in [0.25, 0.3) is 0 Å². The molecule has 2 unspecified atom stereocenters. The standard InChI is InChI=1S/C16H25FN2O/c1-3-20-15-8-10-19(11-9-15)12(2)16(18)13-4-6-14(17)7-5-13/h4-7,12,15-16H,3,8-11,18H2,1-2H3. The summed E-state index contributed by atoms with van der Waals surface area (Å²) in [4.78, 5) is 2.41. The maximum absolute atomic E-state index is 13.0. The Bertz CT molecular complexity index is 401. The molecule has 3 nitrogen and oxygen atoms in total. The van der Waals surface area contributed by atoms with Crippen molar-refractivity contribution in [3.05, 3.63) is 35.6 Å². The first-order valence-corrected chi connectivity index (χ1v) is 7.48. The maximum atomic E-state index is 13.0.